The molecule has 1 heterocycles. The second-order valence-electron chi connectivity index (χ2n) is 2.57. The summed E-state index contributed by atoms with van der Waals surface area (Å²) in [5, 5.41) is 0.549. The van der Waals surface area contributed by atoms with E-state index < -0.39 is 0 Å². The van der Waals surface area contributed by atoms with E-state index in [0.29, 0.717) is 17.5 Å². The smallest absolute Gasteiger partial charge is 0.225 e. The fraction of sp³-hybridized carbons (Fsp3) is 0.500. The van der Waals surface area contributed by atoms with Gasteiger partial charge >= 0.3 is 0 Å². The van der Waals surface area contributed by atoms with Crippen molar-refractivity contribution in [3.05, 3.63) is 17.4 Å². The molecule has 0 spiro atoms. The van der Waals surface area contributed by atoms with E-state index in [9.17, 15) is 0 Å². The average Bonchev–Trinajstić information content (AvgIpc) is 2.16. The van der Waals surface area contributed by atoms with Crippen molar-refractivity contribution in [2.75, 3.05) is 24.5 Å². The molecule has 1 rings (SSSR count). The van der Waals surface area contributed by atoms with Crippen molar-refractivity contribution in [1.29, 1.82) is 0 Å². The van der Waals surface area contributed by atoms with Gasteiger partial charge in [-0.3, -0.25) is 0 Å². The largest absolute Gasteiger partial charge is 0.340 e. The third-order valence-corrected chi connectivity index (χ3v) is 1.87. The highest BCUT2D eigenvalue weighted by molar-refractivity contribution is 6.30. The Bertz CT molecular complexity index is 249. The zero-order valence-corrected chi connectivity index (χ0v) is 8.33. The Labute approximate surface area is 82.7 Å². The molecule has 0 atom stereocenters. The monoisotopic (exact) mass is 200 g/mol. The summed E-state index contributed by atoms with van der Waals surface area (Å²) in [4.78, 5) is 10.2. The van der Waals surface area contributed by atoms with E-state index >= 15 is 0 Å². The molecule has 0 radical (unpaired) electrons. The van der Waals surface area contributed by atoms with Crippen LogP contribution in [0.1, 0.15) is 6.92 Å². The lowest BCUT2D eigenvalue weighted by Crippen LogP contribution is -2.30. The molecule has 1 aromatic rings. The second kappa shape index (κ2) is 4.99. The minimum Gasteiger partial charge on any atom is -0.340 e. The molecule has 1 aromatic heterocycles. The number of anilines is 1. The van der Waals surface area contributed by atoms with Crippen molar-refractivity contribution < 1.29 is 0 Å². The topological polar surface area (TPSA) is 55.0 Å². The quantitative estimate of drug-likeness (QED) is 0.785. The maximum absolute atomic E-state index is 5.67. The fourth-order valence-corrected chi connectivity index (χ4v) is 1.12. The van der Waals surface area contributed by atoms with E-state index in [-0.39, 0.29) is 0 Å². The van der Waals surface area contributed by atoms with Crippen LogP contribution in [0.3, 0.4) is 0 Å². The molecule has 13 heavy (non-hydrogen) atoms. The Morgan fingerprint density at radius 3 is 2.54 bits per heavy atom. The van der Waals surface area contributed by atoms with E-state index in [1.807, 2.05) is 11.8 Å². The first-order chi connectivity index (χ1) is 6.27. The third-order valence-electron chi connectivity index (χ3n) is 1.67. The average molecular weight is 201 g/mol. The number of rotatable bonds is 4. The maximum atomic E-state index is 5.67. The first kappa shape index (κ1) is 10.2. The number of nitrogens with zero attached hydrogens (tertiary/aromatic N) is 3. The van der Waals surface area contributed by atoms with Crippen LogP contribution in [0.2, 0.25) is 5.02 Å². The lowest BCUT2D eigenvalue weighted by atomic mass is 10.5. The zero-order chi connectivity index (χ0) is 9.68. The molecule has 0 unspecified atom stereocenters. The predicted molar refractivity (Wildman–Crippen MR) is 54.0 cm³/mol. The predicted octanol–water partition coefficient (Wildman–Crippen LogP) is 0.915. The summed E-state index contributed by atoms with van der Waals surface area (Å²) in [6, 6.07) is 0. The van der Waals surface area contributed by atoms with Gasteiger partial charge in [-0.1, -0.05) is 11.6 Å². The van der Waals surface area contributed by atoms with Crippen LogP contribution >= 0.6 is 11.6 Å². The zero-order valence-electron chi connectivity index (χ0n) is 7.57. The third kappa shape index (κ3) is 2.82. The molecule has 0 aromatic carbocycles. The van der Waals surface area contributed by atoms with Crippen LogP contribution in [0.4, 0.5) is 5.95 Å². The molecule has 4 nitrogen and oxygen atoms in total. The van der Waals surface area contributed by atoms with Gasteiger partial charge in [0.05, 0.1) is 17.4 Å². The van der Waals surface area contributed by atoms with Crippen LogP contribution in [0, 0.1) is 0 Å². The summed E-state index contributed by atoms with van der Waals surface area (Å²) in [5.41, 5.74) is 5.45. The Kier molecular flexibility index (Phi) is 3.92. The summed E-state index contributed by atoms with van der Waals surface area (Å²) in [5.74, 6) is 0.678. The van der Waals surface area contributed by atoms with Crippen molar-refractivity contribution in [1.82, 2.24) is 9.97 Å². The van der Waals surface area contributed by atoms with Crippen LogP contribution < -0.4 is 10.6 Å². The minimum absolute atomic E-state index is 0.549. The van der Waals surface area contributed by atoms with Crippen LogP contribution in [-0.4, -0.2) is 29.6 Å². The van der Waals surface area contributed by atoms with Gasteiger partial charge in [0, 0.05) is 19.6 Å². The first-order valence-electron chi connectivity index (χ1n) is 4.20. The summed E-state index contributed by atoms with van der Waals surface area (Å²) >= 11 is 5.67. The lowest BCUT2D eigenvalue weighted by molar-refractivity contribution is 0.783. The van der Waals surface area contributed by atoms with Crippen LogP contribution in [0.5, 0.6) is 0 Å². The highest BCUT2D eigenvalue weighted by Gasteiger charge is 2.04. The van der Waals surface area contributed by atoms with Crippen molar-refractivity contribution in [2.45, 2.75) is 6.92 Å². The lowest BCUT2D eigenvalue weighted by Gasteiger charge is -2.19. The van der Waals surface area contributed by atoms with Gasteiger partial charge in [-0.15, -0.1) is 0 Å². The number of halogens is 1. The van der Waals surface area contributed by atoms with E-state index in [2.05, 4.69) is 9.97 Å². The molecule has 0 amide bonds. The molecule has 0 saturated carbocycles. The highest BCUT2D eigenvalue weighted by atomic mass is 35.5. The van der Waals surface area contributed by atoms with Gasteiger partial charge in [0.15, 0.2) is 0 Å². The number of nitrogens with two attached hydrogens (primary N) is 1. The molecule has 2 N–H and O–H groups in total. The SMILES string of the molecule is CCN(CCN)c1ncc(Cl)cn1. The van der Waals surface area contributed by atoms with Gasteiger partial charge in [0.2, 0.25) is 5.95 Å². The molecule has 0 saturated heterocycles. The normalized spacial score (nSPS) is 10.1. The van der Waals surface area contributed by atoms with E-state index in [1.165, 1.54) is 0 Å². The van der Waals surface area contributed by atoms with E-state index in [1.54, 1.807) is 12.4 Å². The van der Waals surface area contributed by atoms with Crippen molar-refractivity contribution >= 4 is 17.5 Å². The molecular weight excluding hydrogens is 188 g/mol. The second-order valence-corrected chi connectivity index (χ2v) is 3.01. The van der Waals surface area contributed by atoms with E-state index in [0.717, 1.165) is 13.1 Å². The Hall–Kier alpha value is -0.870. The molecule has 72 valence electrons. The van der Waals surface area contributed by atoms with Crippen LogP contribution in [0.25, 0.3) is 0 Å². The number of aromatic nitrogens is 2. The molecule has 0 fully saturated rings. The Morgan fingerprint density at radius 1 is 1.46 bits per heavy atom. The molecule has 0 aliphatic carbocycles. The van der Waals surface area contributed by atoms with Gasteiger partial charge in [-0.2, -0.15) is 0 Å². The number of hydrogen-bond donors (Lipinski definition) is 1. The number of hydrogen-bond acceptors (Lipinski definition) is 4. The standard InChI is InChI=1S/C8H13ClN4/c1-2-13(4-3-10)8-11-5-7(9)6-12-8/h5-6H,2-4,10H2,1H3. The highest BCUT2D eigenvalue weighted by Crippen LogP contribution is 2.09. The van der Waals surface area contributed by atoms with Gasteiger partial charge in [-0.05, 0) is 6.92 Å². The molecule has 0 aliphatic rings. The van der Waals surface area contributed by atoms with E-state index in [4.69, 9.17) is 17.3 Å². The maximum Gasteiger partial charge on any atom is 0.225 e. The fourth-order valence-electron chi connectivity index (χ4n) is 1.02. The van der Waals surface area contributed by atoms with Crippen LogP contribution in [-0.2, 0) is 0 Å². The molecule has 0 aliphatic heterocycles. The van der Waals surface area contributed by atoms with Crippen molar-refractivity contribution in [2.24, 2.45) is 5.73 Å². The van der Waals surface area contributed by atoms with Crippen molar-refractivity contribution in [3.8, 4) is 0 Å². The number of likely N-dealkylation sites (N-methyl/N-ethyl adjacent to an activating group) is 1. The molecule has 5 heteroatoms. The summed E-state index contributed by atoms with van der Waals surface area (Å²) < 4.78 is 0. The molecule has 0 bridgehead atoms. The van der Waals surface area contributed by atoms with Crippen LogP contribution in [0.15, 0.2) is 12.4 Å². The minimum atomic E-state index is 0.549. The summed E-state index contributed by atoms with van der Waals surface area (Å²) in [6.45, 7) is 4.24. The van der Waals surface area contributed by atoms with Crippen molar-refractivity contribution in [3.63, 3.8) is 0 Å². The summed E-state index contributed by atoms with van der Waals surface area (Å²) in [6.07, 6.45) is 3.17. The Morgan fingerprint density at radius 2 is 2.08 bits per heavy atom. The van der Waals surface area contributed by atoms with Gasteiger partial charge < -0.3 is 10.6 Å². The summed E-state index contributed by atoms with van der Waals surface area (Å²) in [7, 11) is 0. The molecular formula is C8H13ClN4. The van der Waals surface area contributed by atoms with Gasteiger partial charge in [0.25, 0.3) is 0 Å². The van der Waals surface area contributed by atoms with Gasteiger partial charge in [-0.25, -0.2) is 9.97 Å². The Balaban J connectivity index is 2.73. The first-order valence-corrected chi connectivity index (χ1v) is 4.58. The van der Waals surface area contributed by atoms with Gasteiger partial charge in [0.1, 0.15) is 0 Å².